The zero-order valence-electron chi connectivity index (χ0n) is 33.0. The van der Waals surface area contributed by atoms with Crippen LogP contribution >= 0.6 is 22.7 Å². The first-order chi connectivity index (χ1) is 30.7. The van der Waals surface area contributed by atoms with Crippen molar-refractivity contribution in [1.29, 1.82) is 0 Å². The van der Waals surface area contributed by atoms with Gasteiger partial charge in [-0.15, -0.1) is 22.7 Å². The predicted molar refractivity (Wildman–Crippen MR) is 261 cm³/mol. The third kappa shape index (κ3) is 5.56. The maximum Gasteiger partial charge on any atom is 0.164 e. The molecule has 0 saturated carbocycles. The van der Waals surface area contributed by atoms with Crippen LogP contribution < -0.4 is 0 Å². The van der Waals surface area contributed by atoms with Crippen LogP contribution in [0.3, 0.4) is 0 Å². The topological polar surface area (TPSA) is 64.5 Å². The summed E-state index contributed by atoms with van der Waals surface area (Å²) < 4.78 is 4.63. The zero-order chi connectivity index (χ0) is 40.7. The minimum Gasteiger partial charge on any atom is -0.226 e. The summed E-state index contributed by atoms with van der Waals surface area (Å²) in [4.78, 5) is 26.3. The molecule has 0 atom stereocenters. The highest BCUT2D eigenvalue weighted by Gasteiger charge is 2.21. The van der Waals surface area contributed by atoms with Gasteiger partial charge in [0, 0.05) is 58.1 Å². The summed E-state index contributed by atoms with van der Waals surface area (Å²) in [5.74, 6) is 2.58. The Morgan fingerprint density at radius 3 is 1.53 bits per heavy atom. The monoisotopic (exact) mass is 825 g/mol. The molecule has 4 heterocycles. The predicted octanol–water partition coefficient (Wildman–Crippen LogP) is 15.2. The molecule has 0 saturated heterocycles. The molecule has 0 radical (unpaired) electrons. The van der Waals surface area contributed by atoms with E-state index in [1.54, 1.807) is 22.7 Å². The lowest BCUT2D eigenvalue weighted by atomic mass is 9.93. The van der Waals surface area contributed by atoms with Crippen molar-refractivity contribution in [2.45, 2.75) is 0 Å². The van der Waals surface area contributed by atoms with Gasteiger partial charge in [0.25, 0.3) is 0 Å². The minimum atomic E-state index is 0.627. The van der Waals surface area contributed by atoms with Gasteiger partial charge in [0.05, 0.1) is 15.9 Å². The molecule has 0 aliphatic rings. The van der Waals surface area contributed by atoms with Crippen molar-refractivity contribution < 1.29 is 0 Å². The van der Waals surface area contributed by atoms with Crippen molar-refractivity contribution in [2.24, 2.45) is 0 Å². The normalized spacial score (nSPS) is 11.9. The molecule has 0 bridgehead atoms. The summed E-state index contributed by atoms with van der Waals surface area (Å²) >= 11 is 3.52. The Bertz CT molecular complexity index is 3900. The first-order valence-corrected chi connectivity index (χ1v) is 22.2. The van der Waals surface area contributed by atoms with E-state index in [0.29, 0.717) is 23.3 Å². The van der Waals surface area contributed by atoms with E-state index < -0.39 is 0 Å². The number of hydrogen-bond donors (Lipinski definition) is 0. The summed E-state index contributed by atoms with van der Waals surface area (Å²) in [7, 11) is 0. The smallest absolute Gasteiger partial charge is 0.164 e. The van der Waals surface area contributed by atoms with Gasteiger partial charge in [-0.1, -0.05) is 152 Å². The van der Waals surface area contributed by atoms with Gasteiger partial charge < -0.3 is 0 Å². The van der Waals surface area contributed by atoms with Gasteiger partial charge >= 0.3 is 0 Å². The molecule has 0 fully saturated rings. The summed E-state index contributed by atoms with van der Waals surface area (Å²) in [6.07, 6.45) is 0. The lowest BCUT2D eigenvalue weighted by Gasteiger charge is -2.13. The molecule has 0 amide bonds. The van der Waals surface area contributed by atoms with Crippen LogP contribution in [0.2, 0.25) is 0 Å². The standard InChI is InChI=1S/C55H31N5S2/c1-3-14-32(15-4-1)49-51-50(41-22-11-12-24-45(41)62-51)57-53(56-49)35-27-29-46-44(31-35)48-42(23-13-25-47(48)61-46)55-59-52(33-16-5-2-6-17-33)58-54(60-55)34-26-28-40-38-20-8-7-18-36(38)37-19-9-10-21-39(37)43(40)30-34/h1-31H. The summed E-state index contributed by atoms with van der Waals surface area (Å²) in [5, 5.41) is 10.7. The first kappa shape index (κ1) is 35.1. The number of benzene rings is 9. The third-order valence-electron chi connectivity index (χ3n) is 11.9. The SMILES string of the molecule is c1ccc(-c2nc(-c3ccc4c5ccccc5c5ccccc5c4c3)nc(-c3cccc4sc5ccc(-c6nc(-c7ccccc7)c7sc8ccccc8c7n6)cc5c34)n2)cc1. The van der Waals surface area contributed by atoms with Gasteiger partial charge in [0.2, 0.25) is 0 Å². The highest BCUT2D eigenvalue weighted by molar-refractivity contribution is 7.26. The Hall–Kier alpha value is -7.71. The highest BCUT2D eigenvalue weighted by atomic mass is 32.1. The van der Waals surface area contributed by atoms with Crippen LogP contribution in [0.4, 0.5) is 0 Å². The molecule has 13 aromatic rings. The van der Waals surface area contributed by atoms with Gasteiger partial charge in [-0.2, -0.15) is 0 Å². The Morgan fingerprint density at radius 1 is 0.290 bits per heavy atom. The quantitative estimate of drug-likeness (QED) is 0.162. The molecule has 288 valence electrons. The lowest BCUT2D eigenvalue weighted by Crippen LogP contribution is -2.00. The molecular weight excluding hydrogens is 795 g/mol. The Morgan fingerprint density at radius 2 is 0.806 bits per heavy atom. The summed E-state index contributed by atoms with van der Waals surface area (Å²) in [5.41, 5.74) is 6.78. The fraction of sp³-hybridized carbons (Fsp3) is 0. The first-order valence-electron chi connectivity index (χ1n) is 20.6. The number of nitrogens with zero attached hydrogens (tertiary/aromatic N) is 5. The molecule has 0 unspecified atom stereocenters. The molecule has 9 aromatic carbocycles. The second-order valence-electron chi connectivity index (χ2n) is 15.6. The van der Waals surface area contributed by atoms with Crippen molar-refractivity contribution >= 4 is 95.5 Å². The van der Waals surface area contributed by atoms with Gasteiger partial charge in [-0.3, -0.25) is 0 Å². The third-order valence-corrected chi connectivity index (χ3v) is 14.2. The molecule has 0 aliphatic heterocycles. The summed E-state index contributed by atoms with van der Waals surface area (Å²) in [6.45, 7) is 0. The number of thiophene rings is 2. The van der Waals surface area contributed by atoms with E-state index >= 15 is 0 Å². The van der Waals surface area contributed by atoms with Crippen LogP contribution in [-0.4, -0.2) is 24.9 Å². The molecule has 7 heteroatoms. The molecule has 0 N–H and O–H groups in total. The van der Waals surface area contributed by atoms with Crippen LogP contribution in [0.15, 0.2) is 188 Å². The summed E-state index contributed by atoms with van der Waals surface area (Å²) in [6, 6.07) is 66.2. The lowest BCUT2D eigenvalue weighted by molar-refractivity contribution is 1.08. The molecule has 13 rings (SSSR count). The Kier molecular flexibility index (Phi) is 7.88. The molecule has 0 spiro atoms. The van der Waals surface area contributed by atoms with Crippen molar-refractivity contribution in [2.75, 3.05) is 0 Å². The average Bonchev–Trinajstić information content (AvgIpc) is 3.92. The second-order valence-corrected chi connectivity index (χ2v) is 17.7. The molecular formula is C55H31N5S2. The van der Waals surface area contributed by atoms with Gasteiger partial charge in [-0.05, 0) is 68.7 Å². The fourth-order valence-corrected chi connectivity index (χ4v) is 11.3. The number of fused-ring (bicyclic) bond motifs is 12. The number of rotatable bonds is 5. The van der Waals surface area contributed by atoms with Crippen LogP contribution in [-0.2, 0) is 0 Å². The molecule has 5 nitrogen and oxygen atoms in total. The Labute approximate surface area is 363 Å². The van der Waals surface area contributed by atoms with Crippen LogP contribution in [0.1, 0.15) is 0 Å². The fourth-order valence-electron chi connectivity index (χ4n) is 9.05. The van der Waals surface area contributed by atoms with Crippen LogP contribution in [0.5, 0.6) is 0 Å². The van der Waals surface area contributed by atoms with Gasteiger partial charge in [0.1, 0.15) is 0 Å². The molecule has 62 heavy (non-hydrogen) atoms. The van der Waals surface area contributed by atoms with Gasteiger partial charge in [0.15, 0.2) is 23.3 Å². The van der Waals surface area contributed by atoms with Crippen LogP contribution in [0, 0.1) is 0 Å². The molecule has 4 aromatic heterocycles. The van der Waals surface area contributed by atoms with Crippen molar-refractivity contribution in [1.82, 2.24) is 24.9 Å². The van der Waals surface area contributed by atoms with E-state index in [9.17, 15) is 0 Å². The number of hydrogen-bond acceptors (Lipinski definition) is 7. The maximum absolute atomic E-state index is 5.33. The van der Waals surface area contributed by atoms with Crippen molar-refractivity contribution in [3.05, 3.63) is 188 Å². The molecule has 0 aliphatic carbocycles. The van der Waals surface area contributed by atoms with Crippen LogP contribution in [0.25, 0.3) is 130 Å². The maximum atomic E-state index is 5.33. The van der Waals surface area contributed by atoms with E-state index in [4.69, 9.17) is 24.9 Å². The van der Waals surface area contributed by atoms with E-state index in [1.807, 2.05) is 24.3 Å². The van der Waals surface area contributed by atoms with Gasteiger partial charge in [-0.25, -0.2) is 24.9 Å². The van der Waals surface area contributed by atoms with E-state index in [0.717, 1.165) is 64.6 Å². The van der Waals surface area contributed by atoms with Crippen molar-refractivity contribution in [3.8, 4) is 56.8 Å². The van der Waals surface area contributed by atoms with E-state index in [2.05, 4.69) is 164 Å². The highest BCUT2D eigenvalue weighted by Crippen LogP contribution is 2.44. The average molecular weight is 826 g/mol. The number of aromatic nitrogens is 5. The minimum absolute atomic E-state index is 0.627. The second kappa shape index (κ2) is 13.9. The van der Waals surface area contributed by atoms with Crippen molar-refractivity contribution in [3.63, 3.8) is 0 Å². The largest absolute Gasteiger partial charge is 0.226 e. The van der Waals surface area contributed by atoms with E-state index in [-0.39, 0.29) is 0 Å². The zero-order valence-corrected chi connectivity index (χ0v) is 34.6. The van der Waals surface area contributed by atoms with E-state index in [1.165, 1.54) is 41.7 Å². The Balaban J connectivity index is 1.02.